The molecule has 3 atom stereocenters. The van der Waals surface area contributed by atoms with E-state index >= 15 is 0 Å². The fraction of sp³-hybridized carbons (Fsp3) is 0.930. The Balaban J connectivity index is 3.98. The molecule has 0 aliphatic rings. The second-order valence-electron chi connectivity index (χ2n) is 26.0. The van der Waals surface area contributed by atoms with Gasteiger partial charge in [-0.1, -0.05) is 346 Å². The molecule has 0 bridgehead atoms. The molecule has 0 aliphatic heterocycles. The Bertz CT molecular complexity index is 1350. The van der Waals surface area contributed by atoms with Gasteiger partial charge in [-0.15, -0.1) is 0 Å². The summed E-state index contributed by atoms with van der Waals surface area (Å²) < 4.78 is 23.5. The van der Waals surface area contributed by atoms with Crippen LogP contribution in [0.15, 0.2) is 24.3 Å². The number of unbranched alkanes of at least 4 members (excludes halogenated alkanes) is 50. The van der Waals surface area contributed by atoms with E-state index in [9.17, 15) is 19.4 Å². The fourth-order valence-electron chi connectivity index (χ4n) is 11.1. The van der Waals surface area contributed by atoms with Gasteiger partial charge in [-0.2, -0.15) is 0 Å². The summed E-state index contributed by atoms with van der Waals surface area (Å²) in [6.45, 7) is 4.77. The fourth-order valence-corrected chi connectivity index (χ4v) is 11.9. The molecule has 0 radical (unpaired) electrons. The number of phosphoric ester groups is 1. The lowest BCUT2D eigenvalue weighted by Crippen LogP contribution is -2.46. The maximum atomic E-state index is 13.1. The van der Waals surface area contributed by atoms with Gasteiger partial charge in [0.1, 0.15) is 13.2 Å². The van der Waals surface area contributed by atoms with Crippen molar-refractivity contribution in [3.8, 4) is 0 Å². The monoisotopic (exact) mass is 1150 g/mol. The number of nitrogens with zero attached hydrogens (tertiary/aromatic N) is 1. The first-order valence-electron chi connectivity index (χ1n) is 35.7. The molecule has 3 unspecified atom stereocenters. The molecule has 80 heavy (non-hydrogen) atoms. The van der Waals surface area contributed by atoms with Crippen molar-refractivity contribution in [2.24, 2.45) is 0 Å². The van der Waals surface area contributed by atoms with E-state index in [1.807, 2.05) is 21.1 Å². The van der Waals surface area contributed by atoms with Crippen LogP contribution in [0.5, 0.6) is 0 Å². The van der Waals surface area contributed by atoms with Gasteiger partial charge in [-0.05, 0) is 44.9 Å². The predicted octanol–water partition coefficient (Wildman–Crippen LogP) is 22.0. The number of hydrogen-bond donors (Lipinski definition) is 2. The first kappa shape index (κ1) is 79.0. The Morgan fingerprint density at radius 2 is 0.725 bits per heavy atom. The number of hydrogen-bond acceptors (Lipinski definition) is 6. The smallest absolute Gasteiger partial charge is 0.268 e. The van der Waals surface area contributed by atoms with Gasteiger partial charge >= 0.3 is 0 Å². The SMILES string of the molecule is CCCCCCC/C=C\C/C=C\CCCCCCCCCCCCCCCC(=O)NC(COP(=O)([O-])OCC[N+](C)(C)C)C(O)CCCCCCCCCCCCCCCCCCCCCCCCCCCCCCCCCCC. The van der Waals surface area contributed by atoms with Gasteiger partial charge in [0.15, 0.2) is 0 Å². The van der Waals surface area contributed by atoms with Crippen molar-refractivity contribution in [2.75, 3.05) is 40.9 Å². The lowest BCUT2D eigenvalue weighted by atomic mass is 10.0. The van der Waals surface area contributed by atoms with E-state index in [4.69, 9.17) is 9.05 Å². The molecule has 0 spiro atoms. The molecule has 0 aromatic carbocycles. The predicted molar refractivity (Wildman–Crippen MR) is 349 cm³/mol. The maximum absolute atomic E-state index is 13.1. The highest BCUT2D eigenvalue weighted by molar-refractivity contribution is 7.45. The molecule has 0 heterocycles. The lowest BCUT2D eigenvalue weighted by molar-refractivity contribution is -0.870. The Labute approximate surface area is 500 Å². The van der Waals surface area contributed by atoms with Gasteiger partial charge in [-0.3, -0.25) is 9.36 Å². The average molecular weight is 1150 g/mol. The van der Waals surface area contributed by atoms with Crippen molar-refractivity contribution in [1.82, 2.24) is 5.32 Å². The number of aliphatic hydroxyl groups is 1. The highest BCUT2D eigenvalue weighted by atomic mass is 31.2. The number of phosphoric acid groups is 1. The molecular formula is C71H141N2O6P. The Kier molecular flexibility index (Phi) is 61.7. The minimum atomic E-state index is -4.58. The molecule has 0 rings (SSSR count). The highest BCUT2D eigenvalue weighted by Crippen LogP contribution is 2.38. The molecule has 476 valence electrons. The summed E-state index contributed by atoms with van der Waals surface area (Å²) >= 11 is 0. The van der Waals surface area contributed by atoms with Crippen molar-refractivity contribution in [3.63, 3.8) is 0 Å². The third kappa shape index (κ3) is 64.5. The van der Waals surface area contributed by atoms with Gasteiger partial charge in [0.25, 0.3) is 7.82 Å². The first-order chi connectivity index (χ1) is 39.0. The minimum Gasteiger partial charge on any atom is -0.756 e. The number of allylic oxidation sites excluding steroid dienone is 4. The van der Waals surface area contributed by atoms with Gasteiger partial charge in [0.2, 0.25) is 5.91 Å². The van der Waals surface area contributed by atoms with E-state index in [0.717, 1.165) is 44.9 Å². The van der Waals surface area contributed by atoms with Crippen molar-refractivity contribution in [2.45, 2.75) is 386 Å². The number of quaternary nitrogens is 1. The number of rotatable bonds is 67. The van der Waals surface area contributed by atoms with Crippen LogP contribution in [0.2, 0.25) is 0 Å². The van der Waals surface area contributed by atoms with Gasteiger partial charge < -0.3 is 28.8 Å². The number of amides is 1. The molecule has 1 amide bonds. The van der Waals surface area contributed by atoms with E-state index in [1.54, 1.807) is 0 Å². The minimum absolute atomic E-state index is 0.0140. The van der Waals surface area contributed by atoms with E-state index < -0.39 is 20.0 Å². The summed E-state index contributed by atoms with van der Waals surface area (Å²) in [4.78, 5) is 25.7. The van der Waals surface area contributed by atoms with Crippen LogP contribution < -0.4 is 10.2 Å². The molecule has 2 N–H and O–H groups in total. The summed E-state index contributed by atoms with van der Waals surface area (Å²) in [5, 5.41) is 14.1. The van der Waals surface area contributed by atoms with Crippen LogP contribution in [-0.2, 0) is 18.4 Å². The molecule has 0 fully saturated rings. The van der Waals surface area contributed by atoms with Gasteiger partial charge in [0, 0.05) is 6.42 Å². The normalized spacial score (nSPS) is 13.7. The van der Waals surface area contributed by atoms with Crippen LogP contribution in [-0.4, -0.2) is 68.5 Å². The van der Waals surface area contributed by atoms with Crippen molar-refractivity contribution >= 4 is 13.7 Å². The number of nitrogens with one attached hydrogen (secondary N) is 1. The first-order valence-corrected chi connectivity index (χ1v) is 37.1. The average Bonchev–Trinajstić information content (AvgIpc) is 3.42. The zero-order chi connectivity index (χ0) is 58.4. The van der Waals surface area contributed by atoms with Gasteiger partial charge in [-0.25, -0.2) is 0 Å². The lowest BCUT2D eigenvalue weighted by Gasteiger charge is -2.30. The Hall–Kier alpha value is -1.02. The zero-order valence-electron chi connectivity index (χ0n) is 54.6. The van der Waals surface area contributed by atoms with Crippen LogP contribution >= 0.6 is 7.82 Å². The quantitative estimate of drug-likeness (QED) is 0.0272. The summed E-state index contributed by atoms with van der Waals surface area (Å²) in [5.74, 6) is -0.159. The van der Waals surface area contributed by atoms with Crippen molar-refractivity contribution in [1.29, 1.82) is 0 Å². The molecular weight excluding hydrogens is 1010 g/mol. The molecule has 0 saturated carbocycles. The largest absolute Gasteiger partial charge is 0.756 e. The molecule has 9 heteroatoms. The summed E-state index contributed by atoms with van der Waals surface area (Å²) in [7, 11) is 1.32. The van der Waals surface area contributed by atoms with E-state index in [1.165, 1.54) is 302 Å². The second kappa shape index (κ2) is 62.5. The Morgan fingerprint density at radius 3 is 1.04 bits per heavy atom. The summed E-state index contributed by atoms with van der Waals surface area (Å²) in [6.07, 6.45) is 81.2. The van der Waals surface area contributed by atoms with E-state index in [0.29, 0.717) is 23.9 Å². The molecule has 0 aromatic heterocycles. The summed E-state index contributed by atoms with van der Waals surface area (Å²) in [6, 6.07) is -0.802. The zero-order valence-corrected chi connectivity index (χ0v) is 55.5. The summed E-state index contributed by atoms with van der Waals surface area (Å²) in [5.41, 5.74) is 0. The number of likely N-dealkylation sites (N-methyl/N-ethyl adjacent to an activating group) is 1. The highest BCUT2D eigenvalue weighted by Gasteiger charge is 2.24. The third-order valence-corrected chi connectivity index (χ3v) is 17.7. The third-order valence-electron chi connectivity index (χ3n) is 16.7. The topological polar surface area (TPSA) is 108 Å². The molecule has 0 aliphatic carbocycles. The molecule has 8 nitrogen and oxygen atoms in total. The second-order valence-corrected chi connectivity index (χ2v) is 27.4. The van der Waals surface area contributed by atoms with E-state index in [2.05, 4.69) is 43.5 Å². The van der Waals surface area contributed by atoms with Crippen molar-refractivity contribution < 1.29 is 32.9 Å². The van der Waals surface area contributed by atoms with Crippen LogP contribution in [0, 0.1) is 0 Å². The Morgan fingerprint density at radius 1 is 0.438 bits per heavy atom. The molecule has 0 aromatic rings. The maximum Gasteiger partial charge on any atom is 0.268 e. The van der Waals surface area contributed by atoms with Crippen LogP contribution in [0.4, 0.5) is 0 Å². The van der Waals surface area contributed by atoms with Gasteiger partial charge in [0.05, 0.1) is 39.9 Å². The van der Waals surface area contributed by atoms with Crippen LogP contribution in [0.3, 0.4) is 0 Å². The number of carbonyl (C=O) groups is 1. The standard InChI is InChI=1S/C71H141N2O6P/c1-6-8-10-12-14-16-18-20-22-24-26-28-30-32-33-34-35-36-37-38-39-41-42-44-46-48-50-52-54-56-58-60-62-64-70(74)69(68-79-80(76,77)78-67-66-73(3,4)5)72-71(75)65-63-61-59-57-55-53-51-49-47-45-43-40-31-29-27-25-23-21-19-17-15-13-11-9-7-2/h19,21,25,27,69-70,74H,6-18,20,22-24,26,28-68H2,1-5H3,(H-,72,75,76,77)/b21-19-,27-25-. The van der Waals surface area contributed by atoms with Crippen LogP contribution in [0.1, 0.15) is 373 Å². The molecule has 0 saturated heterocycles. The number of aliphatic hydroxyl groups excluding tert-OH is 1. The number of carbonyl (C=O) groups excluding carboxylic acids is 1. The van der Waals surface area contributed by atoms with E-state index in [-0.39, 0.29) is 19.1 Å². The van der Waals surface area contributed by atoms with Crippen LogP contribution in [0.25, 0.3) is 0 Å². The van der Waals surface area contributed by atoms with Crippen molar-refractivity contribution in [3.05, 3.63) is 24.3 Å².